The highest BCUT2D eigenvalue weighted by atomic mass is 16.5. The van der Waals surface area contributed by atoms with Crippen molar-refractivity contribution in [3.8, 4) is 0 Å². The van der Waals surface area contributed by atoms with Crippen LogP contribution in [0.1, 0.15) is 20.3 Å². The van der Waals surface area contributed by atoms with Gasteiger partial charge in [0.2, 0.25) is 0 Å². The number of carbonyl (C=O) groups excluding carboxylic acids is 2. The van der Waals surface area contributed by atoms with Crippen molar-refractivity contribution < 1.29 is 24.2 Å². The molecule has 7 heteroatoms. The maximum atomic E-state index is 11.2. The van der Waals surface area contributed by atoms with Crippen LogP contribution in [-0.4, -0.2) is 42.8 Å². The van der Waals surface area contributed by atoms with E-state index in [-0.39, 0.29) is 0 Å². The van der Waals surface area contributed by atoms with Crippen LogP contribution < -0.4 is 10.6 Å². The molecule has 0 spiro atoms. The zero-order valence-corrected chi connectivity index (χ0v) is 9.99. The van der Waals surface area contributed by atoms with Crippen LogP contribution in [0.2, 0.25) is 0 Å². The van der Waals surface area contributed by atoms with Crippen molar-refractivity contribution in [2.75, 3.05) is 19.8 Å². The molecule has 1 unspecified atom stereocenters. The highest BCUT2D eigenvalue weighted by Gasteiger charge is 2.09. The molecule has 0 aliphatic heterocycles. The van der Waals surface area contributed by atoms with E-state index in [9.17, 15) is 14.4 Å². The predicted molar refractivity (Wildman–Crippen MR) is 59.5 cm³/mol. The summed E-state index contributed by atoms with van der Waals surface area (Å²) in [7, 11) is 0. The number of rotatable bonds is 7. The molecule has 7 nitrogen and oxygen atoms in total. The first-order valence-corrected chi connectivity index (χ1v) is 5.32. The monoisotopic (exact) mass is 246 g/mol. The fourth-order valence-corrected chi connectivity index (χ4v) is 0.849. The molecular weight excluding hydrogens is 228 g/mol. The van der Waals surface area contributed by atoms with Gasteiger partial charge < -0.3 is 15.2 Å². The molecule has 0 radical (unpaired) electrons. The van der Waals surface area contributed by atoms with E-state index in [0.29, 0.717) is 12.5 Å². The number of aliphatic carboxylic acids is 1. The Labute approximate surface area is 99.5 Å². The van der Waals surface area contributed by atoms with E-state index in [2.05, 4.69) is 10.1 Å². The molecule has 0 aromatic rings. The first-order chi connectivity index (χ1) is 7.95. The average Bonchev–Trinajstić information content (AvgIpc) is 2.25. The number of amides is 3. The first-order valence-electron chi connectivity index (χ1n) is 5.32. The van der Waals surface area contributed by atoms with Crippen LogP contribution in [0.25, 0.3) is 0 Å². The Morgan fingerprint density at radius 1 is 1.29 bits per heavy atom. The van der Waals surface area contributed by atoms with Gasteiger partial charge in [-0.05, 0) is 5.92 Å². The standard InChI is InChI=1S/C10H18N2O5/c1-3-7(2)4-11-10(16)12-8(13)5-17-6-9(14)15/h7H,3-6H2,1-2H3,(H,14,15)(H2,11,12,13,16). The Morgan fingerprint density at radius 3 is 2.47 bits per heavy atom. The third-order valence-corrected chi connectivity index (χ3v) is 2.02. The van der Waals surface area contributed by atoms with Gasteiger partial charge in [-0.2, -0.15) is 0 Å². The molecule has 0 rings (SSSR count). The molecule has 0 aliphatic carbocycles. The topological polar surface area (TPSA) is 105 Å². The number of urea groups is 1. The number of hydrogen-bond donors (Lipinski definition) is 3. The summed E-state index contributed by atoms with van der Waals surface area (Å²) in [6, 6.07) is -0.603. The van der Waals surface area contributed by atoms with Crippen LogP contribution in [0, 0.1) is 5.92 Å². The highest BCUT2D eigenvalue weighted by Crippen LogP contribution is 1.96. The summed E-state index contributed by atoms with van der Waals surface area (Å²) < 4.78 is 4.51. The lowest BCUT2D eigenvalue weighted by Crippen LogP contribution is -2.42. The molecule has 0 aromatic carbocycles. The SMILES string of the molecule is CCC(C)CNC(=O)NC(=O)COCC(=O)O. The second kappa shape index (κ2) is 8.51. The zero-order valence-electron chi connectivity index (χ0n) is 9.99. The van der Waals surface area contributed by atoms with Crippen molar-refractivity contribution in [1.29, 1.82) is 0 Å². The van der Waals surface area contributed by atoms with Crippen LogP contribution in [0.3, 0.4) is 0 Å². The summed E-state index contributed by atoms with van der Waals surface area (Å²) in [5.74, 6) is -1.51. The third-order valence-electron chi connectivity index (χ3n) is 2.02. The van der Waals surface area contributed by atoms with Gasteiger partial charge in [-0.15, -0.1) is 0 Å². The minimum Gasteiger partial charge on any atom is -0.480 e. The van der Waals surface area contributed by atoms with E-state index >= 15 is 0 Å². The lowest BCUT2D eigenvalue weighted by Gasteiger charge is -2.10. The Hall–Kier alpha value is -1.63. The molecule has 0 fully saturated rings. The molecule has 0 bridgehead atoms. The van der Waals surface area contributed by atoms with Crippen molar-refractivity contribution in [3.05, 3.63) is 0 Å². The van der Waals surface area contributed by atoms with Gasteiger partial charge in [0.15, 0.2) is 0 Å². The molecule has 0 saturated heterocycles. The van der Waals surface area contributed by atoms with E-state index in [0.717, 1.165) is 6.42 Å². The maximum Gasteiger partial charge on any atom is 0.329 e. The summed E-state index contributed by atoms with van der Waals surface area (Å²) in [5.41, 5.74) is 0. The maximum absolute atomic E-state index is 11.2. The zero-order chi connectivity index (χ0) is 13.3. The summed E-state index contributed by atoms with van der Waals surface area (Å²) in [4.78, 5) is 32.3. The van der Waals surface area contributed by atoms with E-state index in [1.54, 1.807) is 0 Å². The van der Waals surface area contributed by atoms with Crippen LogP contribution >= 0.6 is 0 Å². The number of carboxylic acid groups (broad SMARTS) is 1. The largest absolute Gasteiger partial charge is 0.480 e. The second-order valence-corrected chi connectivity index (χ2v) is 3.66. The Morgan fingerprint density at radius 2 is 1.94 bits per heavy atom. The Bertz CT molecular complexity index is 280. The fourth-order valence-electron chi connectivity index (χ4n) is 0.849. The van der Waals surface area contributed by atoms with Gasteiger partial charge in [0.25, 0.3) is 5.91 Å². The molecule has 1 atom stereocenters. The van der Waals surface area contributed by atoms with E-state index in [1.807, 2.05) is 19.2 Å². The molecule has 98 valence electrons. The molecule has 3 N–H and O–H groups in total. The Balaban J connectivity index is 3.66. The molecule has 0 aliphatic rings. The van der Waals surface area contributed by atoms with Crippen molar-refractivity contribution in [3.63, 3.8) is 0 Å². The number of carbonyl (C=O) groups is 3. The quantitative estimate of drug-likeness (QED) is 0.584. The van der Waals surface area contributed by atoms with Crippen LogP contribution in [-0.2, 0) is 14.3 Å². The van der Waals surface area contributed by atoms with Crippen LogP contribution in [0.15, 0.2) is 0 Å². The van der Waals surface area contributed by atoms with Gasteiger partial charge in [-0.25, -0.2) is 9.59 Å². The van der Waals surface area contributed by atoms with Crippen molar-refractivity contribution in [2.45, 2.75) is 20.3 Å². The van der Waals surface area contributed by atoms with E-state index < -0.39 is 31.1 Å². The van der Waals surface area contributed by atoms with Gasteiger partial charge >= 0.3 is 12.0 Å². The molecule has 0 aromatic heterocycles. The summed E-state index contributed by atoms with van der Waals surface area (Å²) in [5, 5.41) is 12.8. The third kappa shape index (κ3) is 9.31. The molecule has 0 saturated carbocycles. The predicted octanol–water partition coefficient (Wildman–Crippen LogP) is -0.0405. The average molecular weight is 246 g/mol. The second-order valence-electron chi connectivity index (χ2n) is 3.66. The van der Waals surface area contributed by atoms with Crippen LogP contribution in [0.4, 0.5) is 4.79 Å². The van der Waals surface area contributed by atoms with Crippen molar-refractivity contribution in [1.82, 2.24) is 10.6 Å². The van der Waals surface area contributed by atoms with Gasteiger partial charge in [-0.1, -0.05) is 20.3 Å². The fraction of sp³-hybridized carbons (Fsp3) is 0.700. The number of imide groups is 1. The molecule has 17 heavy (non-hydrogen) atoms. The number of hydrogen-bond acceptors (Lipinski definition) is 4. The number of ether oxygens (including phenoxy) is 1. The van der Waals surface area contributed by atoms with E-state index in [4.69, 9.17) is 5.11 Å². The Kier molecular flexibility index (Phi) is 7.70. The lowest BCUT2D eigenvalue weighted by molar-refractivity contribution is -0.143. The van der Waals surface area contributed by atoms with E-state index in [1.165, 1.54) is 0 Å². The normalized spacial score (nSPS) is 11.6. The van der Waals surface area contributed by atoms with Crippen LogP contribution in [0.5, 0.6) is 0 Å². The summed E-state index contributed by atoms with van der Waals surface area (Å²) >= 11 is 0. The minimum absolute atomic E-state index is 0.333. The smallest absolute Gasteiger partial charge is 0.329 e. The number of nitrogens with one attached hydrogen (secondary N) is 2. The summed E-state index contributed by atoms with van der Waals surface area (Å²) in [6.45, 7) is 3.42. The molecule has 0 heterocycles. The van der Waals surface area contributed by atoms with Gasteiger partial charge in [0.05, 0.1) is 0 Å². The van der Waals surface area contributed by atoms with Gasteiger partial charge in [-0.3, -0.25) is 10.1 Å². The molecular formula is C10H18N2O5. The first kappa shape index (κ1) is 15.4. The van der Waals surface area contributed by atoms with Crippen molar-refractivity contribution in [2.24, 2.45) is 5.92 Å². The lowest BCUT2D eigenvalue weighted by atomic mass is 10.1. The summed E-state index contributed by atoms with van der Waals surface area (Å²) in [6.07, 6.45) is 0.927. The van der Waals surface area contributed by atoms with Gasteiger partial charge in [0.1, 0.15) is 13.2 Å². The molecule has 3 amide bonds. The van der Waals surface area contributed by atoms with Gasteiger partial charge in [0, 0.05) is 6.54 Å². The van der Waals surface area contributed by atoms with Crippen molar-refractivity contribution >= 4 is 17.9 Å². The minimum atomic E-state index is -1.17. The number of carboxylic acids is 1. The highest BCUT2D eigenvalue weighted by molar-refractivity contribution is 5.94.